The van der Waals surface area contributed by atoms with Crippen LogP contribution in [0.15, 0.2) is 18.2 Å². The van der Waals surface area contributed by atoms with Crippen LogP contribution in [0.2, 0.25) is 0 Å². The Bertz CT molecular complexity index is 806. The molecule has 0 saturated carbocycles. The molecule has 29 heavy (non-hydrogen) atoms. The van der Waals surface area contributed by atoms with Crippen molar-refractivity contribution in [2.24, 2.45) is 0 Å². The molecule has 9 nitrogen and oxygen atoms in total. The van der Waals surface area contributed by atoms with Crippen molar-refractivity contribution in [1.29, 1.82) is 0 Å². The second-order valence-electron chi connectivity index (χ2n) is 6.16. The van der Waals surface area contributed by atoms with Crippen molar-refractivity contribution >= 4 is 25.2 Å². The standard InChI is InChI=1S/C19H22BNO8/c1-4-6-10-16(22)21-15-11-13-8-7-9-14(17(13)29-20(15)25)18(23)27-12(3)28-19(24)26-5-2/h1,7-9,12,15,25H,5-6,10-11H2,2-3H3,(H,21,22)/t12?,15-/m0/s1. The third-order valence-corrected chi connectivity index (χ3v) is 3.98. The van der Waals surface area contributed by atoms with Gasteiger partial charge in [-0.25, -0.2) is 9.59 Å². The van der Waals surface area contributed by atoms with Crippen molar-refractivity contribution in [2.45, 2.75) is 45.3 Å². The fourth-order valence-electron chi connectivity index (χ4n) is 2.70. The molecule has 2 atom stereocenters. The van der Waals surface area contributed by atoms with Crippen molar-refractivity contribution in [3.8, 4) is 18.1 Å². The first kappa shape index (κ1) is 22.1. The van der Waals surface area contributed by atoms with Gasteiger partial charge in [0.1, 0.15) is 11.3 Å². The van der Waals surface area contributed by atoms with E-state index in [0.717, 1.165) is 0 Å². The van der Waals surface area contributed by atoms with E-state index in [0.29, 0.717) is 5.56 Å². The van der Waals surface area contributed by atoms with Crippen LogP contribution in [0.25, 0.3) is 0 Å². The molecular weight excluding hydrogens is 381 g/mol. The highest BCUT2D eigenvalue weighted by molar-refractivity contribution is 6.47. The summed E-state index contributed by atoms with van der Waals surface area (Å²) in [7, 11) is -1.36. The van der Waals surface area contributed by atoms with E-state index in [1.807, 2.05) is 0 Å². The van der Waals surface area contributed by atoms with Crippen molar-refractivity contribution in [1.82, 2.24) is 5.32 Å². The predicted octanol–water partition coefficient (Wildman–Crippen LogP) is 1.22. The summed E-state index contributed by atoms with van der Waals surface area (Å²) in [4.78, 5) is 35.6. The molecule has 0 radical (unpaired) electrons. The second kappa shape index (κ2) is 10.4. The monoisotopic (exact) mass is 403 g/mol. The Morgan fingerprint density at radius 1 is 1.41 bits per heavy atom. The van der Waals surface area contributed by atoms with Gasteiger partial charge < -0.3 is 29.2 Å². The topological polar surface area (TPSA) is 120 Å². The van der Waals surface area contributed by atoms with Gasteiger partial charge in [-0.05, 0) is 25.0 Å². The number of fused-ring (bicyclic) bond motifs is 1. The van der Waals surface area contributed by atoms with Crippen LogP contribution >= 0.6 is 0 Å². The van der Waals surface area contributed by atoms with E-state index in [1.165, 1.54) is 13.0 Å². The number of nitrogens with one attached hydrogen (secondary N) is 1. The highest BCUT2D eigenvalue weighted by Gasteiger charge is 2.38. The lowest BCUT2D eigenvalue weighted by molar-refractivity contribution is -0.121. The number of rotatable bonds is 7. The molecule has 0 saturated heterocycles. The third-order valence-electron chi connectivity index (χ3n) is 3.98. The number of esters is 1. The summed E-state index contributed by atoms with van der Waals surface area (Å²) in [6.45, 7) is 3.10. The van der Waals surface area contributed by atoms with Crippen LogP contribution in [0.4, 0.5) is 4.79 Å². The summed E-state index contributed by atoms with van der Waals surface area (Å²) >= 11 is 0. The van der Waals surface area contributed by atoms with Crippen LogP contribution in [0.1, 0.15) is 42.6 Å². The highest BCUT2D eigenvalue weighted by Crippen LogP contribution is 2.31. The first-order valence-corrected chi connectivity index (χ1v) is 9.09. The average Bonchev–Trinajstić information content (AvgIpc) is 2.66. The Morgan fingerprint density at radius 3 is 2.86 bits per heavy atom. The number of carbonyl (C=O) groups is 3. The number of ether oxygens (including phenoxy) is 3. The van der Waals surface area contributed by atoms with Gasteiger partial charge in [-0.15, -0.1) is 12.3 Å². The van der Waals surface area contributed by atoms with Gasteiger partial charge in [-0.2, -0.15) is 0 Å². The summed E-state index contributed by atoms with van der Waals surface area (Å²) in [5.41, 5.74) is 0.656. The molecule has 1 aliphatic rings. The van der Waals surface area contributed by atoms with Crippen LogP contribution in [0.3, 0.4) is 0 Å². The summed E-state index contributed by atoms with van der Waals surface area (Å²) in [5, 5.41) is 12.9. The maximum absolute atomic E-state index is 12.4. The Morgan fingerprint density at radius 2 is 2.17 bits per heavy atom. The number of terminal acetylenes is 1. The highest BCUT2D eigenvalue weighted by atomic mass is 16.8. The molecule has 0 aromatic heterocycles. The zero-order chi connectivity index (χ0) is 21.4. The number of benzene rings is 1. The molecule has 1 unspecified atom stereocenters. The zero-order valence-corrected chi connectivity index (χ0v) is 16.2. The Balaban J connectivity index is 2.06. The quantitative estimate of drug-likeness (QED) is 0.302. The number of para-hydroxylation sites is 1. The maximum atomic E-state index is 12.4. The van der Waals surface area contributed by atoms with Crippen LogP contribution < -0.4 is 9.97 Å². The molecule has 0 aliphatic carbocycles. The fraction of sp³-hybridized carbons (Fsp3) is 0.421. The lowest BCUT2D eigenvalue weighted by Crippen LogP contribution is -2.53. The first-order valence-electron chi connectivity index (χ1n) is 9.09. The van der Waals surface area contributed by atoms with Crippen LogP contribution in [0, 0.1) is 12.3 Å². The summed E-state index contributed by atoms with van der Waals surface area (Å²) in [5.74, 6) is 0.714. The van der Waals surface area contributed by atoms with Crippen molar-refractivity contribution in [3.63, 3.8) is 0 Å². The SMILES string of the molecule is C#CCCC(=O)N[C@H]1Cc2cccc(C(=O)OC(C)OC(=O)OCC)c2OB1O. The van der Waals surface area contributed by atoms with E-state index in [1.54, 1.807) is 19.1 Å². The van der Waals surface area contributed by atoms with Crippen molar-refractivity contribution in [3.05, 3.63) is 29.3 Å². The van der Waals surface area contributed by atoms with Gasteiger partial charge in [0.2, 0.25) is 12.2 Å². The lowest BCUT2D eigenvalue weighted by Gasteiger charge is -2.29. The minimum absolute atomic E-state index is 0.0537. The number of carbonyl (C=O) groups excluding carboxylic acids is 3. The molecule has 2 N–H and O–H groups in total. The van der Waals surface area contributed by atoms with E-state index < -0.39 is 31.5 Å². The Hall–Kier alpha value is -3.19. The van der Waals surface area contributed by atoms with Gasteiger partial charge in [0.25, 0.3) is 0 Å². The van der Waals surface area contributed by atoms with E-state index in [-0.39, 0.29) is 43.1 Å². The van der Waals surface area contributed by atoms with Crippen molar-refractivity contribution < 1.29 is 38.3 Å². The van der Waals surface area contributed by atoms with Gasteiger partial charge in [0.15, 0.2) is 0 Å². The van der Waals surface area contributed by atoms with Crippen LogP contribution in [-0.4, -0.2) is 49.0 Å². The van der Waals surface area contributed by atoms with E-state index in [2.05, 4.69) is 16.0 Å². The summed E-state index contributed by atoms with van der Waals surface area (Å²) in [6, 6.07) is 4.78. The normalized spacial score (nSPS) is 15.8. The molecule has 154 valence electrons. The van der Waals surface area contributed by atoms with Gasteiger partial charge in [-0.3, -0.25) is 4.79 Å². The van der Waals surface area contributed by atoms with Crippen LogP contribution in [0.5, 0.6) is 5.75 Å². The van der Waals surface area contributed by atoms with E-state index in [4.69, 9.17) is 20.6 Å². The Kier molecular flexibility index (Phi) is 7.92. The lowest BCUT2D eigenvalue weighted by atomic mass is 9.72. The number of hydrogen-bond donors (Lipinski definition) is 2. The fourth-order valence-corrected chi connectivity index (χ4v) is 2.70. The summed E-state index contributed by atoms with van der Waals surface area (Å²) < 4.78 is 20.0. The molecule has 0 fully saturated rings. The second-order valence-corrected chi connectivity index (χ2v) is 6.16. The minimum atomic E-state index is -1.36. The molecule has 0 bridgehead atoms. The predicted molar refractivity (Wildman–Crippen MR) is 102 cm³/mol. The molecule has 0 spiro atoms. The first-order chi connectivity index (χ1) is 13.8. The molecule has 1 heterocycles. The third kappa shape index (κ3) is 6.15. The average molecular weight is 403 g/mol. The molecule has 1 aliphatic heterocycles. The molecule has 1 amide bonds. The van der Waals surface area contributed by atoms with Gasteiger partial charge >= 0.3 is 19.2 Å². The van der Waals surface area contributed by atoms with Crippen LogP contribution in [-0.2, 0) is 25.4 Å². The minimum Gasteiger partial charge on any atom is -0.534 e. The molecule has 10 heteroatoms. The number of hydrogen-bond acceptors (Lipinski definition) is 8. The molecular formula is C19H22BNO8. The van der Waals surface area contributed by atoms with E-state index >= 15 is 0 Å². The van der Waals surface area contributed by atoms with E-state index in [9.17, 15) is 19.4 Å². The molecule has 2 rings (SSSR count). The molecule has 1 aromatic carbocycles. The van der Waals surface area contributed by atoms with Gasteiger partial charge in [0.05, 0.1) is 12.5 Å². The smallest absolute Gasteiger partial charge is 0.534 e. The van der Waals surface area contributed by atoms with Crippen molar-refractivity contribution in [2.75, 3.05) is 6.61 Å². The largest absolute Gasteiger partial charge is 0.547 e. The van der Waals surface area contributed by atoms with Gasteiger partial charge in [-0.1, -0.05) is 12.1 Å². The maximum Gasteiger partial charge on any atom is 0.547 e. The zero-order valence-electron chi connectivity index (χ0n) is 16.2. The summed E-state index contributed by atoms with van der Waals surface area (Å²) in [6.07, 6.45) is 3.66. The Labute approximate surface area is 168 Å². The molecule has 1 aromatic rings. The number of amides is 1. The van der Waals surface area contributed by atoms with Gasteiger partial charge in [0, 0.05) is 19.8 Å².